The Kier molecular flexibility index (Phi) is 4.21. The second kappa shape index (κ2) is 5.90. The van der Waals surface area contributed by atoms with Crippen molar-refractivity contribution in [1.29, 1.82) is 0 Å². The fourth-order valence-corrected chi connectivity index (χ4v) is 2.54. The molecule has 112 valence electrons. The van der Waals surface area contributed by atoms with Crippen LogP contribution < -0.4 is 5.32 Å². The number of nitro groups is 1. The van der Waals surface area contributed by atoms with Crippen molar-refractivity contribution >= 4 is 17.6 Å². The predicted octanol–water partition coefficient (Wildman–Crippen LogP) is 1.65. The van der Waals surface area contributed by atoms with E-state index in [1.165, 1.54) is 18.2 Å². The van der Waals surface area contributed by atoms with Gasteiger partial charge in [0.2, 0.25) is 5.91 Å². The number of hydrogen-bond donors (Lipinski definition) is 2. The van der Waals surface area contributed by atoms with Gasteiger partial charge in [-0.05, 0) is 24.8 Å². The Labute approximate surface area is 121 Å². The zero-order chi connectivity index (χ0) is 15.5. The summed E-state index contributed by atoms with van der Waals surface area (Å²) in [6.45, 7) is 0. The lowest BCUT2D eigenvalue weighted by molar-refractivity contribution is -0.384. The standard InChI is InChI=1S/C14H16N2O5/c17-12(15-14(5-2-6-14)9-13(18)19)8-10-3-1-4-11(7-10)16(20)21/h1,3-4,7H,2,5-6,8-9H2,(H,15,17)(H,18,19). The SMILES string of the molecule is O=C(O)CC1(NC(=O)Cc2cccc([N+](=O)[O-])c2)CCC1. The van der Waals surface area contributed by atoms with E-state index in [0.717, 1.165) is 6.42 Å². The van der Waals surface area contributed by atoms with Crippen molar-refractivity contribution in [3.63, 3.8) is 0 Å². The number of nitrogens with zero attached hydrogens (tertiary/aromatic N) is 1. The minimum Gasteiger partial charge on any atom is -0.481 e. The maximum absolute atomic E-state index is 12.0. The summed E-state index contributed by atoms with van der Waals surface area (Å²) in [5.74, 6) is -1.25. The molecule has 0 radical (unpaired) electrons. The van der Waals surface area contributed by atoms with Crippen LogP contribution in [-0.4, -0.2) is 27.4 Å². The highest BCUT2D eigenvalue weighted by molar-refractivity contribution is 5.81. The number of benzene rings is 1. The molecule has 2 N–H and O–H groups in total. The van der Waals surface area contributed by atoms with Crippen LogP contribution >= 0.6 is 0 Å². The van der Waals surface area contributed by atoms with Crippen LogP contribution in [0, 0.1) is 10.1 Å². The van der Waals surface area contributed by atoms with Crippen LogP contribution in [-0.2, 0) is 16.0 Å². The molecule has 7 heteroatoms. The van der Waals surface area contributed by atoms with E-state index in [1.807, 2.05) is 0 Å². The molecule has 1 aromatic carbocycles. The van der Waals surface area contributed by atoms with Crippen molar-refractivity contribution in [2.45, 2.75) is 37.6 Å². The number of carbonyl (C=O) groups is 2. The van der Waals surface area contributed by atoms with Gasteiger partial charge in [-0.15, -0.1) is 0 Å². The first-order chi connectivity index (χ1) is 9.90. The lowest BCUT2D eigenvalue weighted by Gasteiger charge is -2.41. The van der Waals surface area contributed by atoms with Gasteiger partial charge in [0.1, 0.15) is 0 Å². The molecular formula is C14H16N2O5. The van der Waals surface area contributed by atoms with Gasteiger partial charge in [0, 0.05) is 12.1 Å². The van der Waals surface area contributed by atoms with E-state index in [4.69, 9.17) is 5.11 Å². The number of carbonyl (C=O) groups excluding carboxylic acids is 1. The van der Waals surface area contributed by atoms with Crippen LogP contribution in [0.4, 0.5) is 5.69 Å². The van der Waals surface area contributed by atoms with Gasteiger partial charge in [-0.25, -0.2) is 0 Å². The third-order valence-corrected chi connectivity index (χ3v) is 3.69. The number of aliphatic carboxylic acids is 1. The van der Waals surface area contributed by atoms with Gasteiger partial charge in [0.05, 0.1) is 23.3 Å². The zero-order valence-electron chi connectivity index (χ0n) is 11.4. The molecule has 7 nitrogen and oxygen atoms in total. The van der Waals surface area contributed by atoms with Crippen LogP contribution in [0.25, 0.3) is 0 Å². The van der Waals surface area contributed by atoms with E-state index in [0.29, 0.717) is 18.4 Å². The van der Waals surface area contributed by atoms with E-state index in [-0.39, 0.29) is 24.4 Å². The molecule has 1 aliphatic carbocycles. The molecule has 1 amide bonds. The van der Waals surface area contributed by atoms with Crippen molar-refractivity contribution in [2.75, 3.05) is 0 Å². The summed E-state index contributed by atoms with van der Waals surface area (Å²) in [4.78, 5) is 33.0. The molecule has 0 heterocycles. The highest BCUT2D eigenvalue weighted by Gasteiger charge is 2.40. The van der Waals surface area contributed by atoms with Crippen LogP contribution in [0.1, 0.15) is 31.2 Å². The molecule has 0 saturated heterocycles. The molecule has 1 aromatic rings. The third kappa shape index (κ3) is 3.77. The summed E-state index contributed by atoms with van der Waals surface area (Å²) in [5.41, 5.74) is -0.181. The molecule has 0 aliphatic heterocycles. The van der Waals surface area contributed by atoms with Gasteiger partial charge in [-0.3, -0.25) is 19.7 Å². The summed E-state index contributed by atoms with van der Waals surface area (Å²) in [6.07, 6.45) is 2.11. The predicted molar refractivity (Wildman–Crippen MR) is 73.8 cm³/mol. The van der Waals surface area contributed by atoms with Crippen molar-refractivity contribution in [3.05, 3.63) is 39.9 Å². The fourth-order valence-electron chi connectivity index (χ4n) is 2.54. The minimum absolute atomic E-state index is 0.00302. The first-order valence-electron chi connectivity index (χ1n) is 6.66. The molecule has 1 fully saturated rings. The third-order valence-electron chi connectivity index (χ3n) is 3.69. The summed E-state index contributed by atoms with van der Waals surface area (Å²) in [5, 5.41) is 22.3. The quantitative estimate of drug-likeness (QED) is 0.612. The summed E-state index contributed by atoms with van der Waals surface area (Å²) < 4.78 is 0. The van der Waals surface area contributed by atoms with Gasteiger partial charge in [-0.2, -0.15) is 0 Å². The lowest BCUT2D eigenvalue weighted by atomic mass is 9.74. The molecule has 0 spiro atoms. The Morgan fingerprint density at radius 1 is 1.38 bits per heavy atom. The minimum atomic E-state index is -0.939. The van der Waals surface area contributed by atoms with E-state index in [9.17, 15) is 19.7 Å². The maximum atomic E-state index is 12.0. The topological polar surface area (TPSA) is 110 Å². The molecule has 1 saturated carbocycles. The number of nitro benzene ring substituents is 1. The number of carboxylic acid groups (broad SMARTS) is 1. The average Bonchev–Trinajstić information content (AvgIpc) is 2.35. The Morgan fingerprint density at radius 3 is 2.62 bits per heavy atom. The van der Waals surface area contributed by atoms with E-state index in [1.54, 1.807) is 6.07 Å². The number of nitrogens with one attached hydrogen (secondary N) is 1. The zero-order valence-corrected chi connectivity index (χ0v) is 11.4. The second-order valence-electron chi connectivity index (χ2n) is 5.36. The van der Waals surface area contributed by atoms with E-state index < -0.39 is 16.4 Å². The van der Waals surface area contributed by atoms with Crippen molar-refractivity contribution in [2.24, 2.45) is 0 Å². The molecule has 0 atom stereocenters. The summed E-state index contributed by atoms with van der Waals surface area (Å²) in [6, 6.07) is 5.87. The number of hydrogen-bond acceptors (Lipinski definition) is 4. The summed E-state index contributed by atoms with van der Waals surface area (Å²) >= 11 is 0. The highest BCUT2D eigenvalue weighted by Crippen LogP contribution is 2.35. The van der Waals surface area contributed by atoms with Crippen molar-refractivity contribution in [1.82, 2.24) is 5.32 Å². The molecular weight excluding hydrogens is 276 g/mol. The van der Waals surface area contributed by atoms with Gasteiger partial charge >= 0.3 is 5.97 Å². The number of rotatable bonds is 6. The fraction of sp³-hybridized carbons (Fsp3) is 0.429. The molecule has 0 bridgehead atoms. The Morgan fingerprint density at radius 2 is 2.10 bits per heavy atom. The van der Waals surface area contributed by atoms with Gasteiger partial charge in [0.15, 0.2) is 0 Å². The van der Waals surface area contributed by atoms with Gasteiger partial charge in [-0.1, -0.05) is 12.1 Å². The molecule has 0 aromatic heterocycles. The lowest BCUT2D eigenvalue weighted by Crippen LogP contribution is -2.55. The monoisotopic (exact) mass is 292 g/mol. The normalized spacial score (nSPS) is 15.8. The van der Waals surface area contributed by atoms with E-state index >= 15 is 0 Å². The smallest absolute Gasteiger partial charge is 0.305 e. The second-order valence-corrected chi connectivity index (χ2v) is 5.36. The van der Waals surface area contributed by atoms with Gasteiger partial charge < -0.3 is 10.4 Å². The van der Waals surface area contributed by atoms with Gasteiger partial charge in [0.25, 0.3) is 5.69 Å². The Balaban J connectivity index is 1.99. The van der Waals surface area contributed by atoms with Crippen molar-refractivity contribution in [3.8, 4) is 0 Å². The van der Waals surface area contributed by atoms with Crippen LogP contribution in [0.3, 0.4) is 0 Å². The first-order valence-corrected chi connectivity index (χ1v) is 6.66. The average molecular weight is 292 g/mol. The molecule has 0 unspecified atom stereocenters. The van der Waals surface area contributed by atoms with Crippen LogP contribution in [0.2, 0.25) is 0 Å². The summed E-state index contributed by atoms with van der Waals surface area (Å²) in [7, 11) is 0. The number of amides is 1. The first kappa shape index (κ1) is 15.0. The molecule has 2 rings (SSSR count). The highest BCUT2D eigenvalue weighted by atomic mass is 16.6. The molecule has 1 aliphatic rings. The number of non-ortho nitro benzene ring substituents is 1. The maximum Gasteiger partial charge on any atom is 0.305 e. The number of carboxylic acids is 1. The largest absolute Gasteiger partial charge is 0.481 e. The van der Waals surface area contributed by atoms with Crippen LogP contribution in [0.5, 0.6) is 0 Å². The van der Waals surface area contributed by atoms with Crippen LogP contribution in [0.15, 0.2) is 24.3 Å². The molecule has 21 heavy (non-hydrogen) atoms. The van der Waals surface area contributed by atoms with Crippen molar-refractivity contribution < 1.29 is 19.6 Å². The Hall–Kier alpha value is -2.44. The Bertz CT molecular complexity index is 580. The van der Waals surface area contributed by atoms with E-state index in [2.05, 4.69) is 5.32 Å².